The standard InChI is InChI=1S/C11H24O7/c1-11(2,10(18-3)7(15)5-13)9(17)8(16)6(14)4-12/h6-10,12-17H,4-5H2,1-3H3. The number of aliphatic hydroxyl groups excluding tert-OH is 6. The molecular formula is C11H24O7. The van der Waals surface area contributed by atoms with Gasteiger partial charge in [-0.15, -0.1) is 0 Å². The number of rotatable bonds is 8. The summed E-state index contributed by atoms with van der Waals surface area (Å²) in [6.07, 6.45) is -6.72. The molecule has 5 unspecified atom stereocenters. The van der Waals surface area contributed by atoms with Crippen LogP contribution in [0.25, 0.3) is 0 Å². The van der Waals surface area contributed by atoms with Gasteiger partial charge >= 0.3 is 0 Å². The first-order chi connectivity index (χ1) is 8.23. The highest BCUT2D eigenvalue weighted by atomic mass is 16.5. The third-order valence-electron chi connectivity index (χ3n) is 3.19. The summed E-state index contributed by atoms with van der Waals surface area (Å²) in [5, 5.41) is 56.2. The third-order valence-corrected chi connectivity index (χ3v) is 3.19. The number of ether oxygens (including phenoxy) is 1. The highest BCUT2D eigenvalue weighted by Crippen LogP contribution is 2.32. The van der Waals surface area contributed by atoms with Gasteiger partial charge in [0.15, 0.2) is 0 Å². The van der Waals surface area contributed by atoms with Crippen LogP contribution in [0, 0.1) is 5.41 Å². The zero-order valence-electron chi connectivity index (χ0n) is 10.9. The average Bonchev–Trinajstić information content (AvgIpc) is 2.35. The lowest BCUT2D eigenvalue weighted by Crippen LogP contribution is -2.55. The maximum atomic E-state index is 10.00. The van der Waals surface area contributed by atoms with E-state index in [1.165, 1.54) is 21.0 Å². The van der Waals surface area contributed by atoms with Gasteiger partial charge in [0, 0.05) is 12.5 Å². The Labute approximate surface area is 106 Å². The molecule has 0 saturated heterocycles. The highest BCUT2D eigenvalue weighted by Gasteiger charge is 2.45. The molecule has 0 aromatic heterocycles. The molecule has 0 fully saturated rings. The summed E-state index contributed by atoms with van der Waals surface area (Å²) in [5.74, 6) is 0. The van der Waals surface area contributed by atoms with Crippen LogP contribution in [0.1, 0.15) is 13.8 Å². The zero-order valence-corrected chi connectivity index (χ0v) is 10.9. The smallest absolute Gasteiger partial charge is 0.109 e. The van der Waals surface area contributed by atoms with Gasteiger partial charge in [0.25, 0.3) is 0 Å². The highest BCUT2D eigenvalue weighted by molar-refractivity contribution is 4.94. The van der Waals surface area contributed by atoms with Gasteiger partial charge in [-0.25, -0.2) is 0 Å². The minimum absolute atomic E-state index is 0.562. The molecule has 0 aliphatic carbocycles. The van der Waals surface area contributed by atoms with Crippen LogP contribution < -0.4 is 0 Å². The maximum absolute atomic E-state index is 10.00. The topological polar surface area (TPSA) is 131 Å². The van der Waals surface area contributed by atoms with Gasteiger partial charge in [-0.1, -0.05) is 13.8 Å². The van der Waals surface area contributed by atoms with Crippen molar-refractivity contribution < 1.29 is 35.4 Å². The quantitative estimate of drug-likeness (QED) is 0.286. The van der Waals surface area contributed by atoms with Gasteiger partial charge in [-0.05, 0) is 0 Å². The first-order valence-corrected chi connectivity index (χ1v) is 5.70. The fourth-order valence-electron chi connectivity index (χ4n) is 1.98. The molecule has 18 heavy (non-hydrogen) atoms. The average molecular weight is 268 g/mol. The molecule has 7 heteroatoms. The molecule has 0 aliphatic heterocycles. The molecule has 5 atom stereocenters. The zero-order chi connectivity index (χ0) is 14.5. The second kappa shape index (κ2) is 7.34. The Kier molecular flexibility index (Phi) is 7.23. The molecule has 7 nitrogen and oxygen atoms in total. The first kappa shape index (κ1) is 17.7. The van der Waals surface area contributed by atoms with E-state index in [1.54, 1.807) is 0 Å². The number of aliphatic hydroxyl groups is 6. The maximum Gasteiger partial charge on any atom is 0.109 e. The van der Waals surface area contributed by atoms with E-state index in [0.717, 1.165) is 0 Å². The van der Waals surface area contributed by atoms with Crippen molar-refractivity contribution in [3.05, 3.63) is 0 Å². The monoisotopic (exact) mass is 268 g/mol. The Morgan fingerprint density at radius 2 is 1.39 bits per heavy atom. The van der Waals surface area contributed by atoms with Crippen molar-refractivity contribution in [3.8, 4) is 0 Å². The van der Waals surface area contributed by atoms with E-state index in [1.807, 2.05) is 0 Å². The van der Waals surface area contributed by atoms with Crippen molar-refractivity contribution in [3.63, 3.8) is 0 Å². The van der Waals surface area contributed by atoms with Gasteiger partial charge in [-0.3, -0.25) is 0 Å². The number of methoxy groups -OCH3 is 1. The Bertz CT molecular complexity index is 233. The Morgan fingerprint density at radius 3 is 1.72 bits per heavy atom. The molecule has 0 aromatic rings. The van der Waals surface area contributed by atoms with Crippen LogP contribution >= 0.6 is 0 Å². The largest absolute Gasteiger partial charge is 0.394 e. The van der Waals surface area contributed by atoms with Crippen LogP contribution in [0.4, 0.5) is 0 Å². The molecule has 0 aromatic carbocycles. The summed E-state index contributed by atoms with van der Waals surface area (Å²) >= 11 is 0. The molecule has 0 heterocycles. The predicted octanol–water partition coefficient (Wildman–Crippen LogP) is -2.54. The Balaban J connectivity index is 4.97. The second-order valence-corrected chi connectivity index (χ2v) is 4.91. The van der Waals surface area contributed by atoms with Crippen LogP contribution in [-0.4, -0.2) is 81.5 Å². The molecule has 0 aliphatic rings. The van der Waals surface area contributed by atoms with Crippen LogP contribution in [0.2, 0.25) is 0 Å². The fraction of sp³-hybridized carbons (Fsp3) is 1.00. The van der Waals surface area contributed by atoms with E-state index in [0.29, 0.717) is 0 Å². The van der Waals surface area contributed by atoms with E-state index < -0.39 is 49.1 Å². The van der Waals surface area contributed by atoms with Gasteiger partial charge in [0.05, 0.1) is 25.4 Å². The van der Waals surface area contributed by atoms with Gasteiger partial charge in [-0.2, -0.15) is 0 Å². The van der Waals surface area contributed by atoms with Gasteiger partial charge in [0.1, 0.15) is 18.3 Å². The first-order valence-electron chi connectivity index (χ1n) is 5.70. The van der Waals surface area contributed by atoms with Crippen molar-refractivity contribution in [2.24, 2.45) is 5.41 Å². The lowest BCUT2D eigenvalue weighted by Gasteiger charge is -2.41. The van der Waals surface area contributed by atoms with Crippen LogP contribution in [0.5, 0.6) is 0 Å². The van der Waals surface area contributed by atoms with Gasteiger partial charge < -0.3 is 35.4 Å². The minimum atomic E-state index is -1.59. The van der Waals surface area contributed by atoms with Crippen LogP contribution in [-0.2, 0) is 4.74 Å². The molecule has 6 N–H and O–H groups in total. The van der Waals surface area contributed by atoms with E-state index >= 15 is 0 Å². The summed E-state index contributed by atoms with van der Waals surface area (Å²) < 4.78 is 5.03. The molecule has 110 valence electrons. The number of hydrogen-bond donors (Lipinski definition) is 6. The summed E-state index contributed by atoms with van der Waals surface area (Å²) in [5.41, 5.74) is -1.15. The Hall–Kier alpha value is -0.280. The molecule has 0 bridgehead atoms. The normalized spacial score (nSPS) is 21.2. The van der Waals surface area contributed by atoms with E-state index in [4.69, 9.17) is 14.9 Å². The van der Waals surface area contributed by atoms with Crippen LogP contribution in [0.3, 0.4) is 0 Å². The van der Waals surface area contributed by atoms with Crippen molar-refractivity contribution >= 4 is 0 Å². The fourth-order valence-corrected chi connectivity index (χ4v) is 1.98. The minimum Gasteiger partial charge on any atom is -0.394 e. The third kappa shape index (κ3) is 3.86. The van der Waals surface area contributed by atoms with Gasteiger partial charge in [0.2, 0.25) is 0 Å². The second-order valence-electron chi connectivity index (χ2n) is 4.91. The van der Waals surface area contributed by atoms with Crippen molar-refractivity contribution in [1.29, 1.82) is 0 Å². The molecule has 0 amide bonds. The van der Waals surface area contributed by atoms with E-state index in [9.17, 15) is 20.4 Å². The van der Waals surface area contributed by atoms with E-state index in [-0.39, 0.29) is 0 Å². The van der Waals surface area contributed by atoms with Crippen LogP contribution in [0.15, 0.2) is 0 Å². The molecule has 0 rings (SSSR count). The SMILES string of the molecule is COC(C(O)CO)C(C)(C)C(O)C(O)C(O)CO. The molecular weight excluding hydrogens is 244 g/mol. The van der Waals surface area contributed by atoms with Crippen molar-refractivity contribution in [2.45, 2.75) is 44.4 Å². The van der Waals surface area contributed by atoms with Crippen molar-refractivity contribution in [2.75, 3.05) is 20.3 Å². The summed E-state index contributed by atoms with van der Waals surface area (Å²) in [6.45, 7) is 1.76. The summed E-state index contributed by atoms with van der Waals surface area (Å²) in [6, 6.07) is 0. The molecule has 0 radical (unpaired) electrons. The Morgan fingerprint density at radius 1 is 0.944 bits per heavy atom. The summed E-state index contributed by atoms with van der Waals surface area (Å²) in [4.78, 5) is 0. The lowest BCUT2D eigenvalue weighted by molar-refractivity contribution is -0.173. The molecule has 0 spiro atoms. The summed E-state index contributed by atoms with van der Waals surface area (Å²) in [7, 11) is 1.30. The molecule has 0 saturated carbocycles. The predicted molar refractivity (Wildman–Crippen MR) is 62.8 cm³/mol. The van der Waals surface area contributed by atoms with E-state index in [2.05, 4.69) is 0 Å². The lowest BCUT2D eigenvalue weighted by atomic mass is 9.75. The number of hydrogen-bond acceptors (Lipinski definition) is 7. The van der Waals surface area contributed by atoms with Crippen molar-refractivity contribution in [1.82, 2.24) is 0 Å².